The third-order valence-corrected chi connectivity index (χ3v) is 12.0. The number of aromatic nitrogens is 2. The topological polar surface area (TPSA) is 25.8 Å². The average Bonchev–Trinajstić information content (AvgIpc) is 3.47. The molecule has 0 unspecified atom stereocenters. The minimum atomic E-state index is -0.475. The van der Waals surface area contributed by atoms with Gasteiger partial charge in [0.1, 0.15) is 0 Å². The first-order valence-corrected chi connectivity index (χ1v) is 17.9. The van der Waals surface area contributed by atoms with Gasteiger partial charge in [-0.15, -0.1) is 0 Å². The molecule has 0 N–H and O–H groups in total. The third-order valence-electron chi connectivity index (χ3n) is 10.7. The van der Waals surface area contributed by atoms with Crippen LogP contribution in [0.2, 0.25) is 0 Å². The van der Waals surface area contributed by atoms with E-state index in [9.17, 15) is 0 Å². The summed E-state index contributed by atoms with van der Waals surface area (Å²) in [6.07, 6.45) is 0. The van der Waals surface area contributed by atoms with Crippen LogP contribution in [0, 0.1) is 0 Å². The second-order valence-corrected chi connectivity index (χ2v) is 14.3. The second kappa shape index (κ2) is 10.5. The Morgan fingerprint density at radius 1 is 0.400 bits per heavy atom. The van der Waals surface area contributed by atoms with Crippen LogP contribution >= 0.6 is 11.8 Å². The first-order valence-electron chi connectivity index (χ1n) is 17.1. The highest BCUT2D eigenvalue weighted by molar-refractivity contribution is 8.00. The van der Waals surface area contributed by atoms with Crippen LogP contribution in [-0.4, -0.2) is 9.97 Å². The van der Waals surface area contributed by atoms with E-state index >= 15 is 0 Å². The summed E-state index contributed by atoms with van der Waals surface area (Å²) in [5, 5.41) is 6.19. The zero-order chi connectivity index (χ0) is 32.8. The Morgan fingerprint density at radius 2 is 0.980 bits per heavy atom. The molecule has 1 spiro atoms. The van der Waals surface area contributed by atoms with Gasteiger partial charge in [-0.05, 0) is 67.1 Å². The predicted octanol–water partition coefficient (Wildman–Crippen LogP) is 12.1. The molecule has 1 aromatic heterocycles. The van der Waals surface area contributed by atoms with Crippen LogP contribution in [0.3, 0.4) is 0 Å². The highest BCUT2D eigenvalue weighted by Gasteiger charge is 2.51. The van der Waals surface area contributed by atoms with Crippen molar-refractivity contribution in [2.75, 3.05) is 0 Å². The average molecular weight is 653 g/mol. The molecule has 0 fully saturated rings. The van der Waals surface area contributed by atoms with Crippen LogP contribution in [0.5, 0.6) is 0 Å². The lowest BCUT2D eigenvalue weighted by molar-refractivity contribution is 0.729. The Bertz CT molecular complexity index is 2770. The molecule has 2 nitrogen and oxygen atoms in total. The molecule has 0 bridgehead atoms. The van der Waals surface area contributed by atoms with E-state index in [-0.39, 0.29) is 0 Å². The Labute approximate surface area is 294 Å². The molecule has 50 heavy (non-hydrogen) atoms. The number of hydrogen-bond donors (Lipinski definition) is 0. The van der Waals surface area contributed by atoms with Gasteiger partial charge in [0.05, 0.1) is 16.6 Å². The van der Waals surface area contributed by atoms with Gasteiger partial charge >= 0.3 is 0 Å². The van der Waals surface area contributed by atoms with Crippen molar-refractivity contribution in [3.63, 3.8) is 0 Å². The lowest BCUT2D eigenvalue weighted by Crippen LogP contribution is -2.32. The van der Waals surface area contributed by atoms with Crippen LogP contribution in [0.1, 0.15) is 22.3 Å². The molecule has 11 rings (SSSR count). The molecule has 2 heterocycles. The molecule has 8 aromatic carbocycles. The monoisotopic (exact) mass is 652 g/mol. The van der Waals surface area contributed by atoms with Crippen molar-refractivity contribution in [2.24, 2.45) is 0 Å². The number of rotatable bonds is 2. The molecule has 232 valence electrons. The minimum absolute atomic E-state index is 0.475. The molecule has 0 atom stereocenters. The van der Waals surface area contributed by atoms with E-state index in [1.54, 1.807) is 0 Å². The fourth-order valence-electron chi connectivity index (χ4n) is 8.57. The van der Waals surface area contributed by atoms with Crippen molar-refractivity contribution in [1.82, 2.24) is 9.97 Å². The fourth-order valence-corrected chi connectivity index (χ4v) is 10.0. The largest absolute Gasteiger partial charge is 0.228 e. The van der Waals surface area contributed by atoms with Crippen LogP contribution in [-0.2, 0) is 5.41 Å². The first-order chi connectivity index (χ1) is 24.8. The van der Waals surface area contributed by atoms with Gasteiger partial charge < -0.3 is 0 Å². The summed E-state index contributed by atoms with van der Waals surface area (Å²) < 4.78 is 0. The highest BCUT2D eigenvalue weighted by Crippen LogP contribution is 2.64. The maximum atomic E-state index is 5.25. The zero-order valence-corrected chi connectivity index (χ0v) is 27.8. The van der Waals surface area contributed by atoms with E-state index in [0.717, 1.165) is 33.5 Å². The molecule has 0 amide bonds. The molecule has 1 aliphatic carbocycles. The van der Waals surface area contributed by atoms with Crippen molar-refractivity contribution in [2.45, 2.75) is 15.2 Å². The number of para-hydroxylation sites is 1. The van der Waals surface area contributed by atoms with E-state index in [1.807, 2.05) is 30.0 Å². The van der Waals surface area contributed by atoms with Gasteiger partial charge in [-0.2, -0.15) is 0 Å². The van der Waals surface area contributed by atoms with E-state index in [0.29, 0.717) is 0 Å². The molecule has 0 saturated heterocycles. The van der Waals surface area contributed by atoms with Crippen LogP contribution in [0.25, 0.3) is 66.2 Å². The van der Waals surface area contributed by atoms with Gasteiger partial charge in [0, 0.05) is 26.3 Å². The van der Waals surface area contributed by atoms with Crippen molar-refractivity contribution in [3.05, 3.63) is 192 Å². The summed E-state index contributed by atoms with van der Waals surface area (Å²) in [5.74, 6) is 0.739. The van der Waals surface area contributed by atoms with Gasteiger partial charge in [0.25, 0.3) is 0 Å². The Kier molecular flexibility index (Phi) is 5.84. The number of fused-ring (bicyclic) bond motifs is 14. The standard InChI is InChI=1S/C47H28N2S/c1-2-14-31(15-3-1)46-48-42-21-11-9-19-36(42)43(49-46)32-24-25-39-37(28-32)35-18-8-10-20-38(35)47(39)40-26-22-29-12-4-6-16-33(29)44(40)50-45-34-17-7-5-13-30(34)23-27-41(45)47/h1-28H. The summed E-state index contributed by atoms with van der Waals surface area (Å²) in [4.78, 5) is 12.9. The smallest absolute Gasteiger partial charge is 0.160 e. The van der Waals surface area contributed by atoms with Gasteiger partial charge in [-0.1, -0.05) is 169 Å². The van der Waals surface area contributed by atoms with Gasteiger partial charge in [0.15, 0.2) is 5.82 Å². The summed E-state index contributed by atoms with van der Waals surface area (Å²) in [6.45, 7) is 0. The first kappa shape index (κ1) is 27.9. The van der Waals surface area contributed by atoms with Crippen molar-refractivity contribution >= 4 is 44.2 Å². The van der Waals surface area contributed by atoms with E-state index in [1.165, 1.54) is 64.7 Å². The summed E-state index contributed by atoms with van der Waals surface area (Å²) >= 11 is 1.94. The van der Waals surface area contributed by atoms with Crippen molar-refractivity contribution in [1.29, 1.82) is 0 Å². The molecule has 3 heteroatoms. The van der Waals surface area contributed by atoms with Gasteiger partial charge in [-0.3, -0.25) is 0 Å². The Hall–Kier alpha value is -6.03. The molecular weight excluding hydrogens is 625 g/mol. The third kappa shape index (κ3) is 3.76. The lowest BCUT2D eigenvalue weighted by Gasteiger charge is -2.40. The maximum absolute atomic E-state index is 5.25. The van der Waals surface area contributed by atoms with Crippen molar-refractivity contribution < 1.29 is 0 Å². The SMILES string of the molecule is c1ccc(-c2nc(-c3ccc4c(c3)-c3ccccc3C43c4ccc5ccccc5c4Sc4c3ccc3ccccc43)c3ccccc3n2)cc1. The van der Waals surface area contributed by atoms with Crippen LogP contribution in [0.15, 0.2) is 180 Å². The number of nitrogens with zero attached hydrogens (tertiary/aromatic N) is 2. The molecule has 2 aliphatic rings. The normalized spacial score (nSPS) is 13.7. The fraction of sp³-hybridized carbons (Fsp3) is 0.0213. The minimum Gasteiger partial charge on any atom is -0.228 e. The molecule has 9 aromatic rings. The van der Waals surface area contributed by atoms with E-state index < -0.39 is 5.41 Å². The molecule has 1 aliphatic heterocycles. The summed E-state index contributed by atoms with van der Waals surface area (Å²) in [7, 11) is 0. The zero-order valence-electron chi connectivity index (χ0n) is 27.0. The molecule has 0 radical (unpaired) electrons. The predicted molar refractivity (Wildman–Crippen MR) is 207 cm³/mol. The van der Waals surface area contributed by atoms with Gasteiger partial charge in [-0.25, -0.2) is 9.97 Å². The quantitative estimate of drug-likeness (QED) is 0.186. The maximum Gasteiger partial charge on any atom is 0.160 e. The Balaban J connectivity index is 1.24. The lowest BCUT2D eigenvalue weighted by atomic mass is 9.66. The van der Waals surface area contributed by atoms with Crippen LogP contribution in [0.4, 0.5) is 0 Å². The summed E-state index contributed by atoms with van der Waals surface area (Å²) in [6, 6.07) is 61.9. The summed E-state index contributed by atoms with van der Waals surface area (Å²) in [5.41, 5.74) is 11.4. The molecular formula is C47H28N2S. The molecule has 0 saturated carbocycles. The number of hydrogen-bond acceptors (Lipinski definition) is 3. The van der Waals surface area contributed by atoms with Crippen molar-refractivity contribution in [3.8, 4) is 33.8 Å². The van der Waals surface area contributed by atoms with E-state index in [4.69, 9.17) is 9.97 Å². The second-order valence-electron chi connectivity index (χ2n) is 13.3. The highest BCUT2D eigenvalue weighted by atomic mass is 32.2. The Morgan fingerprint density at radius 3 is 1.72 bits per heavy atom. The van der Waals surface area contributed by atoms with E-state index in [2.05, 4.69) is 152 Å². The number of benzene rings is 8. The van der Waals surface area contributed by atoms with Gasteiger partial charge in [0.2, 0.25) is 0 Å². The van der Waals surface area contributed by atoms with Crippen LogP contribution < -0.4 is 0 Å².